The molecule has 0 spiro atoms. The van der Waals surface area contributed by atoms with Crippen LogP contribution in [0.25, 0.3) is 0 Å². The lowest BCUT2D eigenvalue weighted by atomic mass is 9.76. The van der Waals surface area contributed by atoms with Crippen molar-refractivity contribution in [2.24, 2.45) is 0 Å². The molecule has 1 aromatic carbocycles. The summed E-state index contributed by atoms with van der Waals surface area (Å²) in [5.41, 5.74) is -1.83. The summed E-state index contributed by atoms with van der Waals surface area (Å²) >= 11 is 0. The molecule has 1 heterocycles. The van der Waals surface area contributed by atoms with Crippen molar-refractivity contribution in [2.75, 3.05) is 20.3 Å². The Morgan fingerprint density at radius 1 is 1.03 bits per heavy atom. The summed E-state index contributed by atoms with van der Waals surface area (Å²) in [6.45, 7) is 13.3. The summed E-state index contributed by atoms with van der Waals surface area (Å²) in [6.07, 6.45) is -0.284. The monoisotopic (exact) mass is 478 g/mol. The van der Waals surface area contributed by atoms with E-state index in [2.05, 4.69) is 10.6 Å². The second-order valence-electron chi connectivity index (χ2n) is 10.3. The fourth-order valence-electron chi connectivity index (χ4n) is 3.23. The molecular formula is C24H39BN2O7. The fraction of sp³-hybridized carbons (Fsp3) is 0.667. The first kappa shape index (κ1) is 27.9. The van der Waals surface area contributed by atoms with Gasteiger partial charge in [-0.05, 0) is 60.6 Å². The Kier molecular flexibility index (Phi) is 9.39. The molecule has 1 saturated heterocycles. The minimum Gasteiger partial charge on any atom is -0.494 e. The van der Waals surface area contributed by atoms with Crippen molar-refractivity contribution in [2.45, 2.75) is 83.7 Å². The number of hydrogen-bond donors (Lipinski definition) is 2. The number of benzene rings is 1. The van der Waals surface area contributed by atoms with Crippen LogP contribution in [-0.4, -0.2) is 68.2 Å². The Labute approximate surface area is 203 Å². The van der Waals surface area contributed by atoms with Crippen LogP contribution in [0.2, 0.25) is 0 Å². The van der Waals surface area contributed by atoms with E-state index in [4.69, 9.17) is 23.5 Å². The van der Waals surface area contributed by atoms with E-state index in [0.29, 0.717) is 13.0 Å². The molecule has 0 aliphatic carbocycles. The highest BCUT2D eigenvalue weighted by Crippen LogP contribution is 2.37. The van der Waals surface area contributed by atoms with Crippen molar-refractivity contribution >= 4 is 19.1 Å². The van der Waals surface area contributed by atoms with E-state index >= 15 is 0 Å². The second kappa shape index (κ2) is 11.4. The lowest BCUT2D eigenvalue weighted by Gasteiger charge is -2.32. The molecule has 0 radical (unpaired) electrons. The van der Waals surface area contributed by atoms with E-state index in [-0.39, 0.29) is 6.61 Å². The van der Waals surface area contributed by atoms with Gasteiger partial charge in [0.05, 0.1) is 30.4 Å². The fourth-order valence-corrected chi connectivity index (χ4v) is 3.23. The second-order valence-corrected chi connectivity index (χ2v) is 10.3. The van der Waals surface area contributed by atoms with Gasteiger partial charge in [-0.15, -0.1) is 0 Å². The number of rotatable bonds is 10. The molecule has 1 aromatic rings. The van der Waals surface area contributed by atoms with Gasteiger partial charge in [-0.25, -0.2) is 4.79 Å². The van der Waals surface area contributed by atoms with Crippen molar-refractivity contribution in [3.8, 4) is 5.75 Å². The van der Waals surface area contributed by atoms with E-state index in [1.807, 2.05) is 58.0 Å². The highest BCUT2D eigenvalue weighted by atomic mass is 16.7. The van der Waals surface area contributed by atoms with Crippen LogP contribution >= 0.6 is 0 Å². The Morgan fingerprint density at radius 2 is 1.62 bits per heavy atom. The molecule has 2 rings (SSSR count). The maximum Gasteiger partial charge on any atom is 0.481 e. The molecule has 10 heteroatoms. The normalized spacial score (nSPS) is 18.6. The third kappa shape index (κ3) is 8.18. The Balaban J connectivity index is 2.11. The van der Waals surface area contributed by atoms with Crippen LogP contribution in [0.4, 0.5) is 4.79 Å². The summed E-state index contributed by atoms with van der Waals surface area (Å²) in [6, 6.07) is 8.46. The molecule has 1 aliphatic rings. The van der Waals surface area contributed by atoms with Gasteiger partial charge in [0.2, 0.25) is 5.91 Å². The zero-order valence-corrected chi connectivity index (χ0v) is 21.6. The number of amides is 2. The zero-order valence-electron chi connectivity index (χ0n) is 21.6. The van der Waals surface area contributed by atoms with Gasteiger partial charge in [0.25, 0.3) is 0 Å². The van der Waals surface area contributed by atoms with Gasteiger partial charge in [-0.3, -0.25) is 4.79 Å². The van der Waals surface area contributed by atoms with Crippen molar-refractivity contribution in [3.63, 3.8) is 0 Å². The number of ether oxygens (including phenoxy) is 3. The van der Waals surface area contributed by atoms with Gasteiger partial charge in [0.15, 0.2) is 0 Å². The summed E-state index contributed by atoms with van der Waals surface area (Å²) in [5, 5.41) is 5.53. The Hall–Kier alpha value is -2.30. The predicted molar refractivity (Wildman–Crippen MR) is 130 cm³/mol. The van der Waals surface area contributed by atoms with Crippen LogP contribution in [0.3, 0.4) is 0 Å². The number of carbonyl (C=O) groups excluding carboxylic acids is 2. The minimum atomic E-state index is -0.959. The number of alkyl carbamates (subject to hydrolysis) is 1. The van der Waals surface area contributed by atoms with Crippen LogP contribution in [0.15, 0.2) is 30.3 Å². The summed E-state index contributed by atoms with van der Waals surface area (Å²) in [4.78, 5) is 25.4. The lowest BCUT2D eigenvalue weighted by molar-refractivity contribution is -0.125. The van der Waals surface area contributed by atoms with Gasteiger partial charge in [0, 0.05) is 13.5 Å². The van der Waals surface area contributed by atoms with Crippen LogP contribution in [-0.2, 0) is 23.6 Å². The SMILES string of the molecule is COC[C@@H](NC(=O)OC(C)(C)C)C(=O)N[C@@H](CCOc1ccccc1)B1OC(C)(C)C(C)(C)O1. The third-order valence-corrected chi connectivity index (χ3v) is 5.71. The van der Waals surface area contributed by atoms with Crippen LogP contribution in [0.5, 0.6) is 5.75 Å². The predicted octanol–water partition coefficient (Wildman–Crippen LogP) is 3.11. The zero-order chi connectivity index (χ0) is 25.6. The highest BCUT2D eigenvalue weighted by Gasteiger charge is 2.54. The van der Waals surface area contributed by atoms with E-state index < -0.39 is 47.9 Å². The smallest absolute Gasteiger partial charge is 0.481 e. The molecule has 9 nitrogen and oxygen atoms in total. The number of methoxy groups -OCH3 is 1. The maximum atomic E-state index is 13.1. The topological polar surface area (TPSA) is 104 Å². The van der Waals surface area contributed by atoms with Gasteiger partial charge in [-0.2, -0.15) is 0 Å². The molecule has 190 valence electrons. The number of carbonyl (C=O) groups is 2. The summed E-state index contributed by atoms with van der Waals surface area (Å²) in [5.74, 6) is -0.241. The molecular weight excluding hydrogens is 439 g/mol. The van der Waals surface area contributed by atoms with Gasteiger partial charge in [0.1, 0.15) is 17.4 Å². The quantitative estimate of drug-likeness (QED) is 0.498. The Bertz CT molecular complexity index is 795. The van der Waals surface area contributed by atoms with Gasteiger partial charge in [-0.1, -0.05) is 18.2 Å². The minimum absolute atomic E-state index is 0.0261. The van der Waals surface area contributed by atoms with Gasteiger partial charge < -0.3 is 34.2 Å². The molecule has 2 atom stereocenters. The standard InChI is InChI=1S/C24H39BN2O7/c1-22(2,3)32-21(29)26-18(16-30-8)20(28)27-19(14-15-31-17-12-10-9-11-13-17)25-33-23(4,5)24(6,7)34-25/h9-13,18-19H,14-16H2,1-8H3,(H,26,29)(H,27,28)/t18-,19+/m1/s1. The van der Waals surface area contributed by atoms with Gasteiger partial charge >= 0.3 is 13.2 Å². The molecule has 2 N–H and O–H groups in total. The summed E-state index contributed by atoms with van der Waals surface area (Å²) < 4.78 is 28.6. The van der Waals surface area contributed by atoms with E-state index in [1.165, 1.54) is 7.11 Å². The molecule has 2 amide bonds. The van der Waals surface area contributed by atoms with Crippen LogP contribution in [0, 0.1) is 0 Å². The third-order valence-electron chi connectivity index (χ3n) is 5.71. The number of hydrogen-bond acceptors (Lipinski definition) is 7. The average molecular weight is 478 g/mol. The average Bonchev–Trinajstić information content (AvgIpc) is 2.93. The lowest BCUT2D eigenvalue weighted by Crippen LogP contribution is -2.56. The molecule has 0 aromatic heterocycles. The molecule has 0 bridgehead atoms. The van der Waals surface area contributed by atoms with Crippen molar-refractivity contribution in [3.05, 3.63) is 30.3 Å². The van der Waals surface area contributed by atoms with Crippen molar-refractivity contribution in [1.29, 1.82) is 0 Å². The van der Waals surface area contributed by atoms with E-state index in [1.54, 1.807) is 20.8 Å². The Morgan fingerprint density at radius 3 is 2.15 bits per heavy atom. The van der Waals surface area contributed by atoms with E-state index in [9.17, 15) is 9.59 Å². The van der Waals surface area contributed by atoms with Crippen molar-refractivity contribution in [1.82, 2.24) is 10.6 Å². The summed E-state index contributed by atoms with van der Waals surface area (Å²) in [7, 11) is 0.759. The van der Waals surface area contributed by atoms with E-state index in [0.717, 1.165) is 5.75 Å². The van der Waals surface area contributed by atoms with Crippen LogP contribution in [0.1, 0.15) is 54.9 Å². The van der Waals surface area contributed by atoms with Crippen molar-refractivity contribution < 1.29 is 33.1 Å². The molecule has 1 fully saturated rings. The molecule has 0 saturated carbocycles. The molecule has 1 aliphatic heterocycles. The van der Waals surface area contributed by atoms with Crippen LogP contribution < -0.4 is 15.4 Å². The largest absolute Gasteiger partial charge is 0.494 e. The first-order valence-corrected chi connectivity index (χ1v) is 11.6. The number of nitrogens with one attached hydrogen (secondary N) is 2. The first-order chi connectivity index (χ1) is 15.7. The molecule has 34 heavy (non-hydrogen) atoms. The highest BCUT2D eigenvalue weighted by molar-refractivity contribution is 6.48. The first-order valence-electron chi connectivity index (χ1n) is 11.6. The molecule has 0 unspecified atom stereocenters. The number of para-hydroxylation sites is 1. The maximum absolute atomic E-state index is 13.1.